The number of hydrogen-bond donors (Lipinski definition) is 0. The smallest absolute Gasteiger partial charge is 0.243 e. The Labute approximate surface area is 148 Å². The van der Waals surface area contributed by atoms with Gasteiger partial charge < -0.3 is 4.74 Å². The van der Waals surface area contributed by atoms with Gasteiger partial charge in [-0.1, -0.05) is 0 Å². The number of nitrogens with zero attached hydrogens (tertiary/aromatic N) is 4. The predicted molar refractivity (Wildman–Crippen MR) is 95.0 cm³/mol. The number of methoxy groups -OCH3 is 1. The molecule has 1 aliphatic heterocycles. The molecule has 1 saturated heterocycles. The summed E-state index contributed by atoms with van der Waals surface area (Å²) in [6, 6.07) is 6.54. The summed E-state index contributed by atoms with van der Waals surface area (Å²) in [5.74, 6) is 0.649. The molecule has 0 aliphatic carbocycles. The fourth-order valence-corrected chi connectivity index (χ4v) is 4.49. The number of rotatable bonds is 5. The van der Waals surface area contributed by atoms with E-state index in [-0.39, 0.29) is 0 Å². The first-order chi connectivity index (χ1) is 11.9. The summed E-state index contributed by atoms with van der Waals surface area (Å²) in [4.78, 5) is 2.58. The van der Waals surface area contributed by atoms with E-state index in [1.807, 2.05) is 24.9 Å². The minimum absolute atomic E-state index is 0.310. The van der Waals surface area contributed by atoms with Gasteiger partial charge in [0.05, 0.1) is 17.7 Å². The van der Waals surface area contributed by atoms with Crippen molar-refractivity contribution < 1.29 is 13.2 Å². The standard InChI is InChI=1S/C17H24N4O3S/c1-14-15(12-19(2)18-14)13-20-8-10-21(11-9-20)25(22,23)17-6-4-16(24-3)5-7-17/h4-7,12H,8-11,13H2,1-3H3. The molecule has 1 aromatic carbocycles. The second kappa shape index (κ2) is 7.15. The zero-order chi connectivity index (χ0) is 18.0. The zero-order valence-corrected chi connectivity index (χ0v) is 15.7. The molecule has 0 bridgehead atoms. The molecule has 0 amide bonds. The summed E-state index contributed by atoms with van der Waals surface area (Å²) < 4.78 is 34.0. The summed E-state index contributed by atoms with van der Waals surface area (Å²) in [5, 5.41) is 4.36. The third-order valence-electron chi connectivity index (χ3n) is 4.54. The third kappa shape index (κ3) is 3.86. The van der Waals surface area contributed by atoms with Crippen molar-refractivity contribution in [2.24, 2.45) is 7.05 Å². The van der Waals surface area contributed by atoms with Crippen molar-refractivity contribution in [2.75, 3.05) is 33.3 Å². The fourth-order valence-electron chi connectivity index (χ4n) is 3.07. The van der Waals surface area contributed by atoms with Gasteiger partial charge in [-0.15, -0.1) is 0 Å². The van der Waals surface area contributed by atoms with E-state index in [1.54, 1.807) is 35.7 Å². The highest BCUT2D eigenvalue weighted by molar-refractivity contribution is 7.89. The Morgan fingerprint density at radius 3 is 2.28 bits per heavy atom. The molecule has 0 N–H and O–H groups in total. The summed E-state index contributed by atoms with van der Waals surface area (Å²) in [6.45, 7) is 5.21. The van der Waals surface area contributed by atoms with E-state index in [9.17, 15) is 8.42 Å². The average Bonchev–Trinajstić information content (AvgIpc) is 2.92. The molecule has 3 rings (SSSR count). The first-order valence-corrected chi connectivity index (χ1v) is 9.70. The third-order valence-corrected chi connectivity index (χ3v) is 6.45. The Morgan fingerprint density at radius 1 is 1.12 bits per heavy atom. The minimum Gasteiger partial charge on any atom is -0.497 e. The van der Waals surface area contributed by atoms with Gasteiger partial charge in [0.1, 0.15) is 5.75 Å². The van der Waals surface area contributed by atoms with Gasteiger partial charge in [0, 0.05) is 51.5 Å². The quantitative estimate of drug-likeness (QED) is 0.799. The molecule has 2 heterocycles. The van der Waals surface area contributed by atoms with Gasteiger partial charge in [0.25, 0.3) is 0 Å². The van der Waals surface area contributed by atoms with Crippen LogP contribution in [0.2, 0.25) is 0 Å². The first-order valence-electron chi connectivity index (χ1n) is 8.26. The van der Waals surface area contributed by atoms with Crippen molar-refractivity contribution in [1.82, 2.24) is 19.0 Å². The molecule has 7 nitrogen and oxygen atoms in total. The Bertz CT molecular complexity index is 822. The number of benzene rings is 1. The SMILES string of the molecule is COc1ccc(S(=O)(=O)N2CCN(Cc3cn(C)nc3C)CC2)cc1. The molecule has 0 atom stereocenters. The second-order valence-corrected chi connectivity index (χ2v) is 8.21. The molecule has 25 heavy (non-hydrogen) atoms. The molecule has 8 heteroatoms. The van der Waals surface area contributed by atoms with Crippen LogP contribution in [0.3, 0.4) is 0 Å². The summed E-state index contributed by atoms with van der Waals surface area (Å²) in [5.41, 5.74) is 2.21. The van der Waals surface area contributed by atoms with E-state index in [0.717, 1.165) is 12.2 Å². The average molecular weight is 364 g/mol. The lowest BCUT2D eigenvalue weighted by Crippen LogP contribution is -2.48. The second-order valence-electron chi connectivity index (χ2n) is 6.27. The number of aryl methyl sites for hydroxylation is 2. The molecule has 1 aromatic heterocycles. The number of hydrogen-bond acceptors (Lipinski definition) is 5. The van der Waals surface area contributed by atoms with E-state index in [4.69, 9.17) is 4.74 Å². The topological polar surface area (TPSA) is 67.7 Å². The van der Waals surface area contributed by atoms with Crippen molar-refractivity contribution in [3.8, 4) is 5.75 Å². The van der Waals surface area contributed by atoms with Crippen molar-refractivity contribution >= 4 is 10.0 Å². The van der Waals surface area contributed by atoms with Crippen LogP contribution in [0.1, 0.15) is 11.3 Å². The molecule has 0 unspecified atom stereocenters. The first kappa shape index (κ1) is 17.9. The Hall–Kier alpha value is -1.90. The molecule has 0 radical (unpaired) electrons. The number of sulfonamides is 1. The van der Waals surface area contributed by atoms with Crippen molar-refractivity contribution in [3.05, 3.63) is 41.7 Å². The van der Waals surface area contributed by atoms with Crippen LogP contribution in [0.5, 0.6) is 5.75 Å². The lowest BCUT2D eigenvalue weighted by Gasteiger charge is -2.33. The summed E-state index contributed by atoms with van der Waals surface area (Å²) in [7, 11) is 0.0221. The van der Waals surface area contributed by atoms with E-state index in [2.05, 4.69) is 10.00 Å². The molecule has 136 valence electrons. The van der Waals surface area contributed by atoms with Crippen LogP contribution in [0.4, 0.5) is 0 Å². The maximum absolute atomic E-state index is 12.8. The highest BCUT2D eigenvalue weighted by Gasteiger charge is 2.28. The molecule has 0 spiro atoms. The van der Waals surface area contributed by atoms with Gasteiger partial charge in [0.15, 0.2) is 0 Å². The lowest BCUT2D eigenvalue weighted by atomic mass is 10.2. The van der Waals surface area contributed by atoms with Crippen molar-refractivity contribution in [1.29, 1.82) is 0 Å². The van der Waals surface area contributed by atoms with E-state index >= 15 is 0 Å². The van der Waals surface area contributed by atoms with Crippen LogP contribution >= 0.6 is 0 Å². The Balaban J connectivity index is 1.63. The summed E-state index contributed by atoms with van der Waals surface area (Å²) in [6.07, 6.45) is 2.02. The van der Waals surface area contributed by atoms with Gasteiger partial charge >= 0.3 is 0 Å². The largest absolute Gasteiger partial charge is 0.497 e. The monoisotopic (exact) mass is 364 g/mol. The normalized spacial score (nSPS) is 16.9. The molecular formula is C17H24N4O3S. The van der Waals surface area contributed by atoms with Crippen LogP contribution < -0.4 is 4.74 Å². The molecule has 1 fully saturated rings. The van der Waals surface area contributed by atoms with Crippen molar-refractivity contribution in [3.63, 3.8) is 0 Å². The Kier molecular flexibility index (Phi) is 5.12. The van der Waals surface area contributed by atoms with E-state index < -0.39 is 10.0 Å². The maximum atomic E-state index is 12.8. The van der Waals surface area contributed by atoms with Gasteiger partial charge in [0.2, 0.25) is 10.0 Å². The van der Waals surface area contributed by atoms with Gasteiger partial charge in [-0.25, -0.2) is 8.42 Å². The van der Waals surface area contributed by atoms with Gasteiger partial charge in [-0.05, 0) is 31.2 Å². The van der Waals surface area contributed by atoms with Gasteiger partial charge in [-0.2, -0.15) is 9.40 Å². The molecule has 1 aliphatic rings. The predicted octanol–water partition coefficient (Wildman–Crippen LogP) is 1.24. The Morgan fingerprint density at radius 2 is 1.76 bits per heavy atom. The lowest BCUT2D eigenvalue weighted by molar-refractivity contribution is 0.181. The van der Waals surface area contributed by atoms with Crippen LogP contribution in [0.15, 0.2) is 35.4 Å². The van der Waals surface area contributed by atoms with Crippen LogP contribution in [0, 0.1) is 6.92 Å². The highest BCUT2D eigenvalue weighted by atomic mass is 32.2. The van der Waals surface area contributed by atoms with Crippen LogP contribution in [-0.4, -0.2) is 60.7 Å². The molecule has 0 saturated carbocycles. The number of aromatic nitrogens is 2. The maximum Gasteiger partial charge on any atom is 0.243 e. The minimum atomic E-state index is -3.45. The number of ether oxygens (including phenoxy) is 1. The van der Waals surface area contributed by atoms with E-state index in [1.165, 1.54) is 5.56 Å². The van der Waals surface area contributed by atoms with Crippen molar-refractivity contribution in [2.45, 2.75) is 18.4 Å². The summed E-state index contributed by atoms with van der Waals surface area (Å²) >= 11 is 0. The fraction of sp³-hybridized carbons (Fsp3) is 0.471. The van der Waals surface area contributed by atoms with Crippen LogP contribution in [-0.2, 0) is 23.6 Å². The van der Waals surface area contributed by atoms with E-state index in [0.29, 0.717) is 36.8 Å². The van der Waals surface area contributed by atoms with Gasteiger partial charge in [-0.3, -0.25) is 9.58 Å². The highest BCUT2D eigenvalue weighted by Crippen LogP contribution is 2.21. The molecule has 2 aromatic rings. The zero-order valence-electron chi connectivity index (χ0n) is 14.8. The van der Waals surface area contributed by atoms with Crippen LogP contribution in [0.25, 0.3) is 0 Å². The number of piperazine rings is 1. The molecular weight excluding hydrogens is 340 g/mol.